The van der Waals surface area contributed by atoms with Crippen molar-refractivity contribution < 1.29 is 22.5 Å². The molecule has 1 heterocycles. The highest BCUT2D eigenvalue weighted by Crippen LogP contribution is 2.44. The van der Waals surface area contributed by atoms with Gasteiger partial charge >= 0.3 is 16.5 Å². The molecule has 1 aliphatic heterocycles. The summed E-state index contributed by atoms with van der Waals surface area (Å²) in [5.41, 5.74) is 0. The van der Waals surface area contributed by atoms with Crippen LogP contribution in [-0.2, 0) is 22.5 Å². The Bertz CT molecular complexity index is 118. The molecule has 1 saturated heterocycles. The summed E-state index contributed by atoms with van der Waals surface area (Å²) < 4.78 is 33.0. The van der Waals surface area contributed by atoms with E-state index in [1.54, 1.807) is 0 Å². The highest BCUT2D eigenvalue weighted by atomic mass is 31.2. The minimum atomic E-state index is -2.48. The van der Waals surface area contributed by atoms with Crippen LogP contribution < -0.4 is 0 Å². The SMILES string of the molecule is O=[PH]1OCO[PH](=O)O1.P. The van der Waals surface area contributed by atoms with Gasteiger partial charge in [-0.05, 0) is 0 Å². The summed E-state index contributed by atoms with van der Waals surface area (Å²) in [5.74, 6) is 0. The van der Waals surface area contributed by atoms with E-state index in [9.17, 15) is 9.13 Å². The molecule has 56 valence electrons. The average Bonchev–Trinajstić information content (AvgIpc) is 1.64. The predicted molar refractivity (Wildman–Crippen MR) is 37.2 cm³/mol. The highest BCUT2D eigenvalue weighted by molar-refractivity contribution is 7.48. The second-order valence-corrected chi connectivity index (χ2v) is 3.40. The Morgan fingerprint density at radius 2 is 1.56 bits per heavy atom. The molecule has 0 aliphatic carbocycles. The normalized spacial score (nSPS) is 35.1. The van der Waals surface area contributed by atoms with Gasteiger partial charge in [0, 0.05) is 0 Å². The van der Waals surface area contributed by atoms with Crippen LogP contribution in [-0.4, -0.2) is 6.79 Å². The lowest BCUT2D eigenvalue weighted by atomic mass is 11.6. The summed E-state index contributed by atoms with van der Waals surface area (Å²) in [6, 6.07) is 0. The molecule has 3 unspecified atom stereocenters. The van der Waals surface area contributed by atoms with Crippen LogP contribution in [0.4, 0.5) is 0 Å². The minimum Gasteiger partial charge on any atom is -0.282 e. The van der Waals surface area contributed by atoms with E-state index in [1.165, 1.54) is 0 Å². The first-order chi connectivity index (χ1) is 3.79. The maximum Gasteiger partial charge on any atom is 0.328 e. The molecular weight excluding hydrogens is 185 g/mol. The fraction of sp³-hybridized carbons (Fsp3) is 1.00. The van der Waals surface area contributed by atoms with Gasteiger partial charge in [-0.3, -0.25) is 18.2 Å². The van der Waals surface area contributed by atoms with Crippen LogP contribution in [0.15, 0.2) is 0 Å². The molecule has 0 spiro atoms. The molecule has 0 aromatic rings. The monoisotopic (exact) mass is 192 g/mol. The van der Waals surface area contributed by atoms with Crippen LogP contribution in [0.1, 0.15) is 0 Å². The van der Waals surface area contributed by atoms with Gasteiger partial charge in [0.1, 0.15) is 0 Å². The summed E-state index contributed by atoms with van der Waals surface area (Å²) in [6.45, 7) is -0.185. The number of rotatable bonds is 0. The Kier molecular flexibility index (Phi) is 4.96. The van der Waals surface area contributed by atoms with Gasteiger partial charge < -0.3 is 0 Å². The molecule has 0 radical (unpaired) electrons. The fourth-order valence-corrected chi connectivity index (χ4v) is 1.70. The van der Waals surface area contributed by atoms with Crippen LogP contribution in [0.2, 0.25) is 0 Å². The lowest BCUT2D eigenvalue weighted by Crippen LogP contribution is -1.93. The van der Waals surface area contributed by atoms with Crippen LogP contribution in [0, 0.1) is 0 Å². The summed E-state index contributed by atoms with van der Waals surface area (Å²) in [7, 11) is -4.97. The average molecular weight is 192 g/mol. The molecule has 0 saturated carbocycles. The van der Waals surface area contributed by atoms with Crippen molar-refractivity contribution >= 4 is 26.4 Å². The Labute approximate surface area is 56.6 Å². The van der Waals surface area contributed by atoms with Crippen molar-refractivity contribution in [1.82, 2.24) is 0 Å². The highest BCUT2D eigenvalue weighted by Gasteiger charge is 2.12. The standard InChI is InChI=1S/CH4O5P2.H3P/c2-7-4-1-5-8(3)6-7;/h7-8H,1H2;1H3. The third-order valence-corrected chi connectivity index (χ3v) is 2.56. The molecule has 1 fully saturated rings. The third kappa shape index (κ3) is 3.47. The molecule has 0 bridgehead atoms. The van der Waals surface area contributed by atoms with Crippen LogP contribution in [0.5, 0.6) is 0 Å². The van der Waals surface area contributed by atoms with Crippen molar-refractivity contribution in [3.63, 3.8) is 0 Å². The molecular formula is CH7O5P3. The molecule has 0 amide bonds. The second kappa shape index (κ2) is 4.56. The van der Waals surface area contributed by atoms with E-state index in [0.717, 1.165) is 0 Å². The van der Waals surface area contributed by atoms with Gasteiger partial charge in [0.2, 0.25) is 0 Å². The summed E-state index contributed by atoms with van der Waals surface area (Å²) in [5, 5.41) is 0. The van der Waals surface area contributed by atoms with E-state index in [4.69, 9.17) is 0 Å². The zero-order valence-electron chi connectivity index (χ0n) is 4.46. The Balaban J connectivity index is 0.000000640. The smallest absolute Gasteiger partial charge is 0.282 e. The van der Waals surface area contributed by atoms with Gasteiger partial charge in [0.15, 0.2) is 6.79 Å². The molecule has 9 heavy (non-hydrogen) atoms. The first kappa shape index (κ1) is 9.77. The molecule has 5 nitrogen and oxygen atoms in total. The van der Waals surface area contributed by atoms with Crippen molar-refractivity contribution in [1.29, 1.82) is 0 Å². The molecule has 1 rings (SSSR count). The van der Waals surface area contributed by atoms with E-state index < -0.39 is 16.5 Å². The quantitative estimate of drug-likeness (QED) is 0.532. The van der Waals surface area contributed by atoms with Gasteiger partial charge in [0.05, 0.1) is 0 Å². The van der Waals surface area contributed by atoms with Gasteiger partial charge in [-0.25, -0.2) is 4.31 Å². The molecule has 3 atom stereocenters. The van der Waals surface area contributed by atoms with Crippen molar-refractivity contribution in [3.05, 3.63) is 0 Å². The van der Waals surface area contributed by atoms with Crippen molar-refractivity contribution in [2.45, 2.75) is 0 Å². The summed E-state index contributed by atoms with van der Waals surface area (Å²) >= 11 is 0. The number of hydrogen-bond acceptors (Lipinski definition) is 5. The lowest BCUT2D eigenvalue weighted by Gasteiger charge is -2.09. The van der Waals surface area contributed by atoms with Crippen molar-refractivity contribution in [2.24, 2.45) is 0 Å². The molecule has 0 aromatic carbocycles. The van der Waals surface area contributed by atoms with Crippen LogP contribution in [0.25, 0.3) is 0 Å². The van der Waals surface area contributed by atoms with Gasteiger partial charge in [-0.2, -0.15) is 9.90 Å². The van der Waals surface area contributed by atoms with Crippen LogP contribution >= 0.6 is 26.4 Å². The largest absolute Gasteiger partial charge is 0.328 e. The minimum absolute atomic E-state index is 0. The second-order valence-electron chi connectivity index (χ2n) is 1.01. The summed E-state index contributed by atoms with van der Waals surface area (Å²) in [4.78, 5) is 0. The zero-order valence-corrected chi connectivity index (χ0v) is 7.87. The van der Waals surface area contributed by atoms with E-state index in [2.05, 4.69) is 13.4 Å². The van der Waals surface area contributed by atoms with Gasteiger partial charge in [0.25, 0.3) is 0 Å². The molecule has 0 N–H and O–H groups in total. The first-order valence-corrected chi connectivity index (χ1v) is 4.25. The van der Waals surface area contributed by atoms with E-state index in [1.807, 2.05) is 0 Å². The van der Waals surface area contributed by atoms with E-state index >= 15 is 0 Å². The van der Waals surface area contributed by atoms with E-state index in [0.29, 0.717) is 0 Å². The Hall–Kier alpha value is 0.770. The lowest BCUT2D eigenvalue weighted by molar-refractivity contribution is 0.0870. The van der Waals surface area contributed by atoms with Gasteiger partial charge in [-0.1, -0.05) is 0 Å². The molecule has 1 aliphatic rings. The van der Waals surface area contributed by atoms with Crippen molar-refractivity contribution in [3.8, 4) is 0 Å². The predicted octanol–water partition coefficient (Wildman–Crippen LogP) is 0.845. The zero-order chi connectivity index (χ0) is 5.98. The van der Waals surface area contributed by atoms with E-state index in [-0.39, 0.29) is 16.7 Å². The van der Waals surface area contributed by atoms with Gasteiger partial charge in [-0.15, -0.1) is 0 Å². The van der Waals surface area contributed by atoms with Crippen molar-refractivity contribution in [2.75, 3.05) is 6.79 Å². The third-order valence-electron chi connectivity index (χ3n) is 0.520. The molecule has 8 heteroatoms. The summed E-state index contributed by atoms with van der Waals surface area (Å²) in [6.07, 6.45) is 0. The Morgan fingerprint density at radius 3 is 1.78 bits per heavy atom. The fourth-order valence-electron chi connectivity index (χ4n) is 0.253. The first-order valence-electron chi connectivity index (χ1n) is 1.80. The maximum atomic E-state index is 10.2. The van der Waals surface area contributed by atoms with Crippen LogP contribution in [0.3, 0.4) is 0 Å². The maximum absolute atomic E-state index is 10.2. The molecule has 0 aromatic heterocycles. The number of hydrogen-bond donors (Lipinski definition) is 0. The topological polar surface area (TPSA) is 61.8 Å². The Morgan fingerprint density at radius 1 is 1.11 bits per heavy atom.